The minimum Gasteiger partial charge on any atom is -0.468 e. The second kappa shape index (κ2) is 9.57. The zero-order valence-electron chi connectivity index (χ0n) is 16.8. The highest BCUT2D eigenvalue weighted by Crippen LogP contribution is 2.30. The fourth-order valence-corrected chi connectivity index (χ4v) is 4.45. The van der Waals surface area contributed by atoms with Crippen LogP contribution in [-0.2, 0) is 19.6 Å². The first kappa shape index (κ1) is 22.4. The molecule has 1 atom stereocenters. The van der Waals surface area contributed by atoms with Gasteiger partial charge < -0.3 is 21.1 Å². The quantitative estimate of drug-likeness (QED) is 0.235. The number of hydrogen-bond acceptors (Lipinski definition) is 6. The fraction of sp³-hybridized carbons (Fsp3) is 0.368. The number of nitrogens with zero attached hydrogens (tertiary/aromatic N) is 2. The minimum absolute atomic E-state index is 0.0624. The predicted molar refractivity (Wildman–Crippen MR) is 114 cm³/mol. The van der Waals surface area contributed by atoms with E-state index in [9.17, 15) is 13.2 Å². The van der Waals surface area contributed by atoms with E-state index in [2.05, 4.69) is 9.71 Å². The smallest absolute Gasteiger partial charge is 0.323 e. The van der Waals surface area contributed by atoms with E-state index in [4.69, 9.17) is 16.2 Å². The van der Waals surface area contributed by atoms with Gasteiger partial charge in [0.25, 0.3) is 0 Å². The number of sulfonamides is 1. The maximum Gasteiger partial charge on any atom is 0.323 e. The van der Waals surface area contributed by atoms with Crippen molar-refractivity contribution in [2.75, 3.05) is 32.6 Å². The zero-order valence-corrected chi connectivity index (χ0v) is 17.6. The Morgan fingerprint density at radius 3 is 2.45 bits per heavy atom. The van der Waals surface area contributed by atoms with E-state index in [1.807, 2.05) is 31.1 Å². The summed E-state index contributed by atoms with van der Waals surface area (Å²) >= 11 is 0. The maximum atomic E-state index is 13.1. The number of ether oxygens (including phenoxy) is 1. The third-order valence-corrected chi connectivity index (χ3v) is 5.89. The number of anilines is 1. The second-order valence-corrected chi connectivity index (χ2v) is 8.35. The molecule has 2 aromatic rings. The van der Waals surface area contributed by atoms with Gasteiger partial charge in [0.1, 0.15) is 6.04 Å². The van der Waals surface area contributed by atoms with Crippen LogP contribution < -0.4 is 21.1 Å². The molecule has 0 unspecified atom stereocenters. The highest BCUT2D eigenvalue weighted by atomic mass is 32.2. The van der Waals surface area contributed by atoms with Gasteiger partial charge in [-0.05, 0) is 25.0 Å². The summed E-state index contributed by atoms with van der Waals surface area (Å²) < 4.78 is 33.4. The Kier molecular flexibility index (Phi) is 7.40. The van der Waals surface area contributed by atoms with Crippen LogP contribution in [-0.4, -0.2) is 54.1 Å². The van der Waals surface area contributed by atoms with Gasteiger partial charge in [0.05, 0.1) is 12.0 Å². The van der Waals surface area contributed by atoms with E-state index in [1.165, 1.54) is 13.2 Å². The molecule has 0 aliphatic rings. The number of nitrogens with two attached hydrogens (primary N) is 2. The molecule has 0 saturated heterocycles. The van der Waals surface area contributed by atoms with Crippen molar-refractivity contribution < 1.29 is 17.9 Å². The van der Waals surface area contributed by atoms with Crippen molar-refractivity contribution in [2.24, 2.45) is 16.5 Å². The predicted octanol–water partition coefficient (Wildman–Crippen LogP) is 0.779. The third kappa shape index (κ3) is 5.58. The molecule has 0 spiro atoms. The molecule has 0 aliphatic carbocycles. The van der Waals surface area contributed by atoms with Crippen LogP contribution in [0.2, 0.25) is 0 Å². The average molecular weight is 422 g/mol. The number of carbonyl (C=O) groups excluding carboxylic acids is 1. The summed E-state index contributed by atoms with van der Waals surface area (Å²) in [7, 11) is 0.991. The number of methoxy groups -OCH3 is 1. The first-order chi connectivity index (χ1) is 13.7. The van der Waals surface area contributed by atoms with E-state index < -0.39 is 22.0 Å². The lowest BCUT2D eigenvalue weighted by atomic mass is 10.1. The van der Waals surface area contributed by atoms with Crippen LogP contribution in [0.1, 0.15) is 12.8 Å². The number of hydrogen-bond donors (Lipinski definition) is 3. The lowest BCUT2D eigenvalue weighted by molar-refractivity contribution is -0.142. The monoisotopic (exact) mass is 421 g/mol. The van der Waals surface area contributed by atoms with Crippen molar-refractivity contribution in [3.05, 3.63) is 36.4 Å². The van der Waals surface area contributed by atoms with Crippen molar-refractivity contribution in [1.82, 2.24) is 4.72 Å². The first-order valence-corrected chi connectivity index (χ1v) is 10.5. The molecule has 158 valence electrons. The normalized spacial score (nSPS) is 12.4. The molecule has 29 heavy (non-hydrogen) atoms. The number of esters is 1. The number of benzene rings is 2. The largest absolute Gasteiger partial charge is 0.468 e. The number of rotatable bonds is 9. The van der Waals surface area contributed by atoms with E-state index in [-0.39, 0.29) is 23.8 Å². The molecule has 5 N–H and O–H groups in total. The van der Waals surface area contributed by atoms with Gasteiger partial charge in [-0.1, -0.05) is 24.3 Å². The summed E-state index contributed by atoms with van der Waals surface area (Å²) in [6.45, 7) is 0.276. The van der Waals surface area contributed by atoms with Crippen molar-refractivity contribution in [1.29, 1.82) is 0 Å². The minimum atomic E-state index is -3.99. The van der Waals surface area contributed by atoms with Crippen LogP contribution in [0.25, 0.3) is 10.8 Å². The second-order valence-electron chi connectivity index (χ2n) is 6.67. The summed E-state index contributed by atoms with van der Waals surface area (Å²) in [5, 5.41) is 1.36. The van der Waals surface area contributed by atoms with E-state index in [0.717, 1.165) is 11.1 Å². The molecule has 0 saturated carbocycles. The van der Waals surface area contributed by atoms with Gasteiger partial charge in [0.15, 0.2) is 5.96 Å². The summed E-state index contributed by atoms with van der Waals surface area (Å²) in [5.41, 5.74) is 11.5. The zero-order chi connectivity index (χ0) is 21.6. The molecule has 2 rings (SSSR count). The molecule has 0 heterocycles. The summed E-state index contributed by atoms with van der Waals surface area (Å²) in [5.74, 6) is -0.736. The molecule has 9 nitrogen and oxygen atoms in total. The van der Waals surface area contributed by atoms with Gasteiger partial charge in [0, 0.05) is 37.1 Å². The Labute approximate surface area is 170 Å². The summed E-state index contributed by atoms with van der Waals surface area (Å²) in [4.78, 5) is 18.0. The van der Waals surface area contributed by atoms with Gasteiger partial charge in [0.2, 0.25) is 10.0 Å². The van der Waals surface area contributed by atoms with E-state index in [0.29, 0.717) is 11.8 Å². The SMILES string of the molecule is COC(=O)[C@@H](CCCN=C(N)N)NS(=O)(=O)c1cccc2c(N(C)C)cccc12. The number of guanidine groups is 1. The van der Waals surface area contributed by atoms with Crippen LogP contribution in [0.3, 0.4) is 0 Å². The van der Waals surface area contributed by atoms with Crippen LogP contribution in [0.15, 0.2) is 46.3 Å². The van der Waals surface area contributed by atoms with Crippen molar-refractivity contribution in [2.45, 2.75) is 23.8 Å². The lowest BCUT2D eigenvalue weighted by Crippen LogP contribution is -2.41. The summed E-state index contributed by atoms with van der Waals surface area (Å²) in [6, 6.07) is 9.44. The van der Waals surface area contributed by atoms with Crippen LogP contribution in [0.4, 0.5) is 5.69 Å². The Bertz CT molecular complexity index is 1000. The lowest BCUT2D eigenvalue weighted by Gasteiger charge is -2.19. The molecule has 0 bridgehead atoms. The number of nitrogens with one attached hydrogen (secondary N) is 1. The van der Waals surface area contributed by atoms with Crippen molar-refractivity contribution in [3.63, 3.8) is 0 Å². The van der Waals surface area contributed by atoms with Crippen LogP contribution in [0.5, 0.6) is 0 Å². The Hall–Kier alpha value is -2.85. The molecule has 0 radical (unpaired) electrons. The maximum absolute atomic E-state index is 13.1. The number of aliphatic imine (C=N–C) groups is 1. The van der Waals surface area contributed by atoms with Crippen LogP contribution >= 0.6 is 0 Å². The van der Waals surface area contributed by atoms with Gasteiger partial charge in [-0.3, -0.25) is 9.79 Å². The van der Waals surface area contributed by atoms with Gasteiger partial charge in [-0.15, -0.1) is 0 Å². The Balaban J connectivity index is 2.36. The highest BCUT2D eigenvalue weighted by Gasteiger charge is 2.27. The highest BCUT2D eigenvalue weighted by molar-refractivity contribution is 7.89. The molecule has 0 amide bonds. The fourth-order valence-electron chi connectivity index (χ4n) is 3.01. The molecular weight excluding hydrogens is 394 g/mol. The standard InChI is InChI=1S/C19H27N5O4S/c1-24(2)16-10-4-8-14-13(16)7-5-11-17(14)29(26,27)23-15(18(25)28-3)9-6-12-22-19(20)21/h4-5,7-8,10-11,15,23H,6,9,12H2,1-3H3,(H4,20,21,22)/t15-/m1/s1. The van der Waals surface area contributed by atoms with Crippen molar-refractivity contribution >= 4 is 38.4 Å². The summed E-state index contributed by atoms with van der Waals surface area (Å²) in [6.07, 6.45) is 0.594. The van der Waals surface area contributed by atoms with Gasteiger partial charge in [-0.25, -0.2) is 8.42 Å². The Morgan fingerprint density at radius 2 is 1.83 bits per heavy atom. The topological polar surface area (TPSA) is 140 Å². The molecule has 0 aliphatic heterocycles. The third-order valence-electron chi connectivity index (χ3n) is 4.36. The van der Waals surface area contributed by atoms with Gasteiger partial charge in [-0.2, -0.15) is 4.72 Å². The average Bonchev–Trinajstić information content (AvgIpc) is 2.68. The molecule has 0 fully saturated rings. The number of carbonyl (C=O) groups is 1. The van der Waals surface area contributed by atoms with E-state index >= 15 is 0 Å². The first-order valence-electron chi connectivity index (χ1n) is 9.02. The van der Waals surface area contributed by atoms with Crippen LogP contribution in [0, 0.1) is 0 Å². The van der Waals surface area contributed by atoms with E-state index in [1.54, 1.807) is 18.2 Å². The molecule has 2 aromatic carbocycles. The molecule has 10 heteroatoms. The van der Waals surface area contributed by atoms with Gasteiger partial charge >= 0.3 is 5.97 Å². The Morgan fingerprint density at radius 1 is 1.17 bits per heavy atom. The number of fused-ring (bicyclic) bond motifs is 1. The molecular formula is C19H27N5O4S. The van der Waals surface area contributed by atoms with Crippen molar-refractivity contribution in [3.8, 4) is 0 Å². The molecule has 0 aromatic heterocycles.